The van der Waals surface area contributed by atoms with Crippen LogP contribution in [0.4, 0.5) is 0 Å². The molecule has 0 saturated heterocycles. The maximum atomic E-state index is 11.4. The summed E-state index contributed by atoms with van der Waals surface area (Å²) in [4.78, 5) is 11.4. The minimum Gasteiger partial charge on any atom is -0.299 e. The van der Waals surface area contributed by atoms with Crippen molar-refractivity contribution in [2.75, 3.05) is 0 Å². The number of carbonyl (C=O) groups is 1. The number of carbonyl (C=O) groups excluding carboxylic acids is 1. The molecule has 2 fully saturated rings. The minimum atomic E-state index is 0.484. The quantitative estimate of drug-likeness (QED) is 0.521. The zero-order chi connectivity index (χ0) is 7.68. The summed E-state index contributed by atoms with van der Waals surface area (Å²) >= 11 is 0. The predicted octanol–water partition coefficient (Wildman–Crippen LogP) is 2.55. The highest BCUT2D eigenvalue weighted by molar-refractivity contribution is 5.82. The standard InChI is InChI=1S/C10H16O/c11-10-7-3-5-8-4-1-2-6-9(8)10/h8-9H,1-7H2/t8-,9?/m0/s1. The van der Waals surface area contributed by atoms with Gasteiger partial charge in [0.1, 0.15) is 5.78 Å². The summed E-state index contributed by atoms with van der Waals surface area (Å²) in [7, 11) is 0. The number of fused-ring (bicyclic) bond motifs is 1. The molecule has 1 heteroatoms. The molecule has 0 bridgehead atoms. The van der Waals surface area contributed by atoms with E-state index in [1.165, 1.54) is 38.5 Å². The van der Waals surface area contributed by atoms with Gasteiger partial charge in [-0.1, -0.05) is 12.8 Å². The first kappa shape index (κ1) is 7.33. The summed E-state index contributed by atoms with van der Waals surface area (Å²) in [5, 5.41) is 0. The van der Waals surface area contributed by atoms with Crippen molar-refractivity contribution in [2.24, 2.45) is 11.8 Å². The Morgan fingerprint density at radius 2 is 1.73 bits per heavy atom. The first-order chi connectivity index (χ1) is 5.38. The Morgan fingerprint density at radius 1 is 1.00 bits per heavy atom. The summed E-state index contributed by atoms with van der Waals surface area (Å²) in [6.45, 7) is 0. The highest BCUT2D eigenvalue weighted by Gasteiger charge is 2.32. The lowest BCUT2D eigenvalue weighted by atomic mass is 9.70. The maximum Gasteiger partial charge on any atom is 0.136 e. The van der Waals surface area contributed by atoms with Crippen LogP contribution in [0.15, 0.2) is 0 Å². The van der Waals surface area contributed by atoms with E-state index < -0.39 is 0 Å². The molecule has 11 heavy (non-hydrogen) atoms. The van der Waals surface area contributed by atoms with Crippen molar-refractivity contribution < 1.29 is 4.79 Å². The summed E-state index contributed by atoms with van der Waals surface area (Å²) in [5.41, 5.74) is 0. The number of rotatable bonds is 0. The van der Waals surface area contributed by atoms with Crippen LogP contribution in [0, 0.1) is 11.8 Å². The molecule has 0 spiro atoms. The molecule has 0 heterocycles. The molecule has 0 aromatic rings. The van der Waals surface area contributed by atoms with Gasteiger partial charge in [0, 0.05) is 12.3 Å². The van der Waals surface area contributed by atoms with Gasteiger partial charge in [-0.05, 0) is 31.6 Å². The van der Waals surface area contributed by atoms with E-state index in [9.17, 15) is 4.79 Å². The normalized spacial score (nSPS) is 38.4. The van der Waals surface area contributed by atoms with Crippen LogP contribution in [-0.2, 0) is 4.79 Å². The lowest BCUT2D eigenvalue weighted by Gasteiger charge is -2.33. The molecule has 1 nitrogen and oxygen atoms in total. The van der Waals surface area contributed by atoms with Gasteiger partial charge in [-0.25, -0.2) is 0 Å². The fourth-order valence-electron chi connectivity index (χ4n) is 2.70. The van der Waals surface area contributed by atoms with Crippen LogP contribution >= 0.6 is 0 Å². The Kier molecular flexibility index (Phi) is 1.97. The van der Waals surface area contributed by atoms with Crippen LogP contribution < -0.4 is 0 Å². The van der Waals surface area contributed by atoms with Crippen molar-refractivity contribution in [3.8, 4) is 0 Å². The zero-order valence-electron chi connectivity index (χ0n) is 7.01. The average Bonchev–Trinajstić information content (AvgIpc) is 2.06. The molecule has 2 aliphatic rings. The number of hydrogen-bond acceptors (Lipinski definition) is 1. The second-order valence-electron chi connectivity index (χ2n) is 4.01. The smallest absolute Gasteiger partial charge is 0.136 e. The molecule has 2 atom stereocenters. The van der Waals surface area contributed by atoms with Crippen LogP contribution in [0.25, 0.3) is 0 Å². The Bertz CT molecular complexity index is 160. The van der Waals surface area contributed by atoms with Crippen molar-refractivity contribution in [2.45, 2.75) is 44.9 Å². The fourth-order valence-corrected chi connectivity index (χ4v) is 2.70. The van der Waals surface area contributed by atoms with Crippen molar-refractivity contribution >= 4 is 5.78 Å². The van der Waals surface area contributed by atoms with Crippen LogP contribution in [-0.4, -0.2) is 5.78 Å². The predicted molar refractivity (Wildman–Crippen MR) is 44.3 cm³/mol. The molecule has 0 aromatic heterocycles. The molecular formula is C10H16O. The molecule has 2 saturated carbocycles. The van der Waals surface area contributed by atoms with Crippen LogP contribution in [0.1, 0.15) is 44.9 Å². The van der Waals surface area contributed by atoms with Crippen molar-refractivity contribution in [3.63, 3.8) is 0 Å². The Balaban J connectivity index is 2.05. The Hall–Kier alpha value is -0.330. The van der Waals surface area contributed by atoms with Crippen LogP contribution in [0.5, 0.6) is 0 Å². The summed E-state index contributed by atoms with van der Waals surface area (Å²) in [6.07, 6.45) is 8.57. The third-order valence-corrected chi connectivity index (χ3v) is 3.32. The summed E-state index contributed by atoms with van der Waals surface area (Å²) in [6, 6.07) is 0. The average molecular weight is 152 g/mol. The second-order valence-corrected chi connectivity index (χ2v) is 4.01. The van der Waals surface area contributed by atoms with Crippen LogP contribution in [0.2, 0.25) is 0 Å². The van der Waals surface area contributed by atoms with E-state index in [1.807, 2.05) is 0 Å². The SMILES string of the molecule is O=C1CCC[C@@H]2CCCCC12. The van der Waals surface area contributed by atoms with Gasteiger partial charge in [0.2, 0.25) is 0 Å². The third-order valence-electron chi connectivity index (χ3n) is 3.32. The van der Waals surface area contributed by atoms with E-state index >= 15 is 0 Å². The van der Waals surface area contributed by atoms with E-state index in [2.05, 4.69) is 0 Å². The number of ketones is 1. The van der Waals surface area contributed by atoms with E-state index in [4.69, 9.17) is 0 Å². The lowest BCUT2D eigenvalue weighted by molar-refractivity contribution is -0.127. The van der Waals surface area contributed by atoms with Gasteiger partial charge in [0.25, 0.3) is 0 Å². The molecule has 0 amide bonds. The number of Topliss-reactive ketones (excluding diaryl/α,β-unsaturated/α-hetero) is 1. The lowest BCUT2D eigenvalue weighted by Crippen LogP contribution is -2.30. The monoisotopic (exact) mass is 152 g/mol. The van der Waals surface area contributed by atoms with E-state index in [0.29, 0.717) is 11.7 Å². The Labute approximate surface area is 68.2 Å². The summed E-state index contributed by atoms with van der Waals surface area (Å²) < 4.78 is 0. The van der Waals surface area contributed by atoms with Crippen LogP contribution in [0.3, 0.4) is 0 Å². The van der Waals surface area contributed by atoms with E-state index in [0.717, 1.165) is 12.3 Å². The molecule has 0 aliphatic heterocycles. The largest absolute Gasteiger partial charge is 0.299 e. The molecule has 62 valence electrons. The molecule has 2 rings (SSSR count). The van der Waals surface area contributed by atoms with Gasteiger partial charge in [0.15, 0.2) is 0 Å². The van der Waals surface area contributed by atoms with E-state index in [-0.39, 0.29) is 0 Å². The fraction of sp³-hybridized carbons (Fsp3) is 0.900. The number of hydrogen-bond donors (Lipinski definition) is 0. The first-order valence-corrected chi connectivity index (χ1v) is 4.90. The molecule has 0 aromatic carbocycles. The van der Waals surface area contributed by atoms with Crippen molar-refractivity contribution in [3.05, 3.63) is 0 Å². The molecule has 0 N–H and O–H groups in total. The zero-order valence-corrected chi connectivity index (χ0v) is 7.01. The maximum absolute atomic E-state index is 11.4. The molecule has 2 aliphatic carbocycles. The van der Waals surface area contributed by atoms with Crippen molar-refractivity contribution in [1.29, 1.82) is 0 Å². The molecule has 1 unspecified atom stereocenters. The van der Waals surface area contributed by atoms with Gasteiger partial charge < -0.3 is 0 Å². The second kappa shape index (κ2) is 2.96. The highest BCUT2D eigenvalue weighted by atomic mass is 16.1. The van der Waals surface area contributed by atoms with Gasteiger partial charge in [-0.3, -0.25) is 4.79 Å². The van der Waals surface area contributed by atoms with Gasteiger partial charge >= 0.3 is 0 Å². The first-order valence-electron chi connectivity index (χ1n) is 4.90. The topological polar surface area (TPSA) is 17.1 Å². The summed E-state index contributed by atoms with van der Waals surface area (Å²) in [5.74, 6) is 1.84. The minimum absolute atomic E-state index is 0.484. The molecular weight excluding hydrogens is 136 g/mol. The van der Waals surface area contributed by atoms with Gasteiger partial charge in [-0.2, -0.15) is 0 Å². The highest BCUT2D eigenvalue weighted by Crippen LogP contribution is 2.38. The molecule has 0 radical (unpaired) electrons. The van der Waals surface area contributed by atoms with Gasteiger partial charge in [-0.15, -0.1) is 0 Å². The third kappa shape index (κ3) is 1.33. The van der Waals surface area contributed by atoms with Crippen molar-refractivity contribution in [1.82, 2.24) is 0 Å². The van der Waals surface area contributed by atoms with Gasteiger partial charge in [0.05, 0.1) is 0 Å². The van der Waals surface area contributed by atoms with E-state index in [1.54, 1.807) is 0 Å². The Morgan fingerprint density at radius 3 is 2.55 bits per heavy atom.